The molecule has 8 nitrogen and oxygen atoms in total. The molecular formula is C11H14N6O2S2. The topological polar surface area (TPSA) is 127 Å². The molecule has 2 aromatic heterocycles. The first kappa shape index (κ1) is 15.4. The van der Waals surface area contributed by atoms with Crippen LogP contribution in [0.2, 0.25) is 0 Å². The van der Waals surface area contributed by atoms with Crippen molar-refractivity contribution in [3.63, 3.8) is 0 Å². The Bertz CT molecular complexity index is 683. The lowest BCUT2D eigenvalue weighted by Gasteiger charge is -2.04. The molecule has 0 atom stereocenters. The number of amides is 1. The minimum Gasteiger partial charge on any atom is -0.374 e. The first-order valence-corrected chi connectivity index (χ1v) is 7.88. The highest BCUT2D eigenvalue weighted by molar-refractivity contribution is 8.01. The number of rotatable bonds is 6. The van der Waals surface area contributed by atoms with Gasteiger partial charge in [0.2, 0.25) is 11.0 Å². The van der Waals surface area contributed by atoms with Crippen molar-refractivity contribution in [3.8, 4) is 0 Å². The zero-order chi connectivity index (χ0) is 15.2. The average Bonchev–Trinajstić information content (AvgIpc) is 2.81. The third-order valence-electron chi connectivity index (χ3n) is 2.35. The molecule has 0 aliphatic rings. The van der Waals surface area contributed by atoms with E-state index in [0.29, 0.717) is 34.0 Å². The molecule has 21 heavy (non-hydrogen) atoms. The van der Waals surface area contributed by atoms with E-state index in [4.69, 9.17) is 5.73 Å². The van der Waals surface area contributed by atoms with E-state index >= 15 is 0 Å². The van der Waals surface area contributed by atoms with Gasteiger partial charge in [-0.25, -0.2) is 4.98 Å². The molecule has 112 valence electrons. The molecule has 0 aromatic carbocycles. The monoisotopic (exact) mass is 326 g/mol. The Hall–Kier alpha value is -1.94. The predicted molar refractivity (Wildman–Crippen MR) is 81.4 cm³/mol. The van der Waals surface area contributed by atoms with Crippen molar-refractivity contribution in [2.75, 3.05) is 18.0 Å². The molecule has 4 N–H and O–H groups in total. The number of carbonyl (C=O) groups is 1. The van der Waals surface area contributed by atoms with Crippen LogP contribution in [-0.4, -0.2) is 38.4 Å². The lowest BCUT2D eigenvalue weighted by Crippen LogP contribution is -2.28. The quantitative estimate of drug-likeness (QED) is 0.636. The van der Waals surface area contributed by atoms with Crippen molar-refractivity contribution in [2.45, 2.75) is 17.7 Å². The van der Waals surface area contributed by atoms with Crippen molar-refractivity contribution in [3.05, 3.63) is 27.9 Å². The van der Waals surface area contributed by atoms with E-state index in [2.05, 4.69) is 25.5 Å². The van der Waals surface area contributed by atoms with Gasteiger partial charge in [0.1, 0.15) is 5.82 Å². The number of nitrogens with one attached hydrogen (secondary N) is 2. The summed E-state index contributed by atoms with van der Waals surface area (Å²) < 4.78 is 0.660. The second kappa shape index (κ2) is 7.18. The Balaban J connectivity index is 1.72. The number of nitrogens with zero attached hydrogens (tertiary/aromatic N) is 3. The maximum Gasteiger partial charge on any atom is 0.251 e. The third kappa shape index (κ3) is 5.16. The summed E-state index contributed by atoms with van der Waals surface area (Å²) in [6.07, 6.45) is 0.471. The molecule has 2 aromatic rings. The first-order valence-electron chi connectivity index (χ1n) is 6.08. The molecule has 2 rings (SSSR count). The van der Waals surface area contributed by atoms with Gasteiger partial charge in [-0.2, -0.15) is 0 Å². The number of aromatic amines is 1. The number of H-pyrrole nitrogens is 1. The highest BCUT2D eigenvalue weighted by Gasteiger charge is 2.07. The minimum absolute atomic E-state index is 0.122. The Morgan fingerprint density at radius 2 is 2.33 bits per heavy atom. The van der Waals surface area contributed by atoms with Crippen molar-refractivity contribution in [2.24, 2.45) is 0 Å². The SMILES string of the molecule is Cc1cc(=O)[nH]c(CCNC(=O)CSc2nnc(N)s2)n1. The lowest BCUT2D eigenvalue weighted by molar-refractivity contribution is -0.118. The molecule has 0 aliphatic carbocycles. The van der Waals surface area contributed by atoms with Crippen molar-refractivity contribution in [1.82, 2.24) is 25.5 Å². The Labute approximate surface area is 128 Å². The summed E-state index contributed by atoms with van der Waals surface area (Å²) in [6.45, 7) is 2.16. The van der Waals surface area contributed by atoms with Gasteiger partial charge < -0.3 is 16.0 Å². The lowest BCUT2D eigenvalue weighted by atomic mass is 10.3. The van der Waals surface area contributed by atoms with E-state index in [1.54, 1.807) is 6.92 Å². The van der Waals surface area contributed by atoms with Crippen LogP contribution in [0.1, 0.15) is 11.5 Å². The number of aromatic nitrogens is 4. The predicted octanol–water partition coefficient (Wildman–Crippen LogP) is -0.0370. The number of anilines is 1. The smallest absolute Gasteiger partial charge is 0.251 e. The van der Waals surface area contributed by atoms with Gasteiger partial charge in [-0.05, 0) is 6.92 Å². The standard InChI is InChI=1S/C11H14N6O2S2/c1-6-4-8(18)15-7(14-6)2-3-13-9(19)5-20-11-17-16-10(12)21-11/h4H,2-3,5H2,1H3,(H2,12,16)(H,13,19)(H,14,15,18). The van der Waals surface area contributed by atoms with Gasteiger partial charge in [-0.15, -0.1) is 10.2 Å². The minimum atomic E-state index is -0.187. The van der Waals surface area contributed by atoms with Crippen LogP contribution in [0.25, 0.3) is 0 Å². The largest absolute Gasteiger partial charge is 0.374 e. The van der Waals surface area contributed by atoms with Gasteiger partial charge in [0.25, 0.3) is 5.56 Å². The van der Waals surface area contributed by atoms with Gasteiger partial charge in [-0.1, -0.05) is 23.1 Å². The number of thioether (sulfide) groups is 1. The number of carbonyl (C=O) groups excluding carboxylic acids is 1. The van der Waals surface area contributed by atoms with Crippen LogP contribution in [0.3, 0.4) is 0 Å². The molecule has 0 spiro atoms. The van der Waals surface area contributed by atoms with Gasteiger partial charge in [-0.3, -0.25) is 9.59 Å². The molecule has 0 aliphatic heterocycles. The highest BCUT2D eigenvalue weighted by atomic mass is 32.2. The summed E-state index contributed by atoms with van der Waals surface area (Å²) in [5, 5.41) is 10.6. The summed E-state index contributed by atoms with van der Waals surface area (Å²) in [7, 11) is 0. The number of nitrogen functional groups attached to an aromatic ring is 1. The number of hydrogen-bond acceptors (Lipinski definition) is 8. The Morgan fingerprint density at radius 3 is 3.00 bits per heavy atom. The summed E-state index contributed by atoms with van der Waals surface area (Å²) in [5.41, 5.74) is 5.92. The van der Waals surface area contributed by atoms with Gasteiger partial charge in [0, 0.05) is 24.7 Å². The fourth-order valence-corrected chi connectivity index (χ4v) is 3.00. The van der Waals surface area contributed by atoms with E-state index in [9.17, 15) is 9.59 Å². The zero-order valence-electron chi connectivity index (χ0n) is 11.3. The maximum absolute atomic E-state index is 11.6. The van der Waals surface area contributed by atoms with Crippen LogP contribution >= 0.6 is 23.1 Å². The fourth-order valence-electron chi connectivity index (χ4n) is 1.54. The maximum atomic E-state index is 11.6. The van der Waals surface area contributed by atoms with E-state index in [1.165, 1.54) is 29.2 Å². The molecule has 0 radical (unpaired) electrons. The Kier molecular flexibility index (Phi) is 5.28. The summed E-state index contributed by atoms with van der Waals surface area (Å²) >= 11 is 2.52. The normalized spacial score (nSPS) is 10.5. The van der Waals surface area contributed by atoms with E-state index in [0.717, 1.165) is 0 Å². The van der Waals surface area contributed by atoms with Crippen molar-refractivity contribution >= 4 is 34.1 Å². The van der Waals surface area contributed by atoms with Gasteiger partial charge in [0.15, 0.2) is 4.34 Å². The molecule has 0 unspecified atom stereocenters. The summed E-state index contributed by atoms with van der Waals surface area (Å²) in [4.78, 5) is 29.7. The molecule has 2 heterocycles. The molecule has 0 saturated heterocycles. The van der Waals surface area contributed by atoms with E-state index < -0.39 is 0 Å². The summed E-state index contributed by atoms with van der Waals surface area (Å²) in [6, 6.07) is 1.42. The van der Waals surface area contributed by atoms with Crippen LogP contribution in [-0.2, 0) is 11.2 Å². The number of nitrogens with two attached hydrogens (primary N) is 1. The summed E-state index contributed by atoms with van der Waals surface area (Å²) in [5.74, 6) is 0.681. The zero-order valence-corrected chi connectivity index (χ0v) is 12.9. The molecule has 0 fully saturated rings. The highest BCUT2D eigenvalue weighted by Crippen LogP contribution is 2.22. The van der Waals surface area contributed by atoms with Crippen LogP contribution in [0, 0.1) is 6.92 Å². The molecule has 0 saturated carbocycles. The molecule has 10 heteroatoms. The first-order chi connectivity index (χ1) is 10.0. The van der Waals surface area contributed by atoms with Crippen LogP contribution < -0.4 is 16.6 Å². The van der Waals surface area contributed by atoms with Gasteiger partial charge >= 0.3 is 0 Å². The Morgan fingerprint density at radius 1 is 1.52 bits per heavy atom. The van der Waals surface area contributed by atoms with Crippen molar-refractivity contribution in [1.29, 1.82) is 0 Å². The van der Waals surface area contributed by atoms with E-state index in [-0.39, 0.29) is 17.2 Å². The van der Waals surface area contributed by atoms with E-state index in [1.807, 2.05) is 0 Å². The van der Waals surface area contributed by atoms with Crippen LogP contribution in [0.15, 0.2) is 15.2 Å². The second-order valence-electron chi connectivity index (χ2n) is 4.13. The number of hydrogen-bond donors (Lipinski definition) is 3. The molecular weight excluding hydrogens is 312 g/mol. The van der Waals surface area contributed by atoms with Gasteiger partial charge in [0.05, 0.1) is 5.75 Å². The second-order valence-corrected chi connectivity index (χ2v) is 6.36. The molecule has 0 bridgehead atoms. The van der Waals surface area contributed by atoms with Crippen LogP contribution in [0.5, 0.6) is 0 Å². The third-order valence-corrected chi connectivity index (χ3v) is 4.24. The average molecular weight is 326 g/mol. The van der Waals surface area contributed by atoms with Crippen LogP contribution in [0.4, 0.5) is 5.13 Å². The van der Waals surface area contributed by atoms with Crippen molar-refractivity contribution < 1.29 is 4.79 Å². The number of aryl methyl sites for hydroxylation is 1. The molecule has 1 amide bonds. The fraction of sp³-hybridized carbons (Fsp3) is 0.364.